The van der Waals surface area contributed by atoms with Gasteiger partial charge in [-0.25, -0.2) is 4.79 Å². The first-order valence-electron chi connectivity index (χ1n) is 10.7. The van der Waals surface area contributed by atoms with Crippen LogP contribution in [0.15, 0.2) is 66.7 Å². The molecule has 1 unspecified atom stereocenters. The fraction of sp³-hybridized carbons (Fsp3) is 0.231. The standard InChI is InChI=1S/C26H24F3NO5/c1-15-13-22(11-12-23(15)34-17(3)25(32)33)35-21-6-4-5-19(14-21)16(2)30-24(31)18-7-9-20(10-8-18)26(27,28)29/h4-14,16-17H,1-3H3,(H,30,31)(H,32,33)/t16-,17?/m1/s1. The predicted molar refractivity (Wildman–Crippen MR) is 123 cm³/mol. The van der Waals surface area contributed by atoms with E-state index in [9.17, 15) is 22.8 Å². The summed E-state index contributed by atoms with van der Waals surface area (Å²) in [6.07, 6.45) is -5.46. The van der Waals surface area contributed by atoms with Crippen molar-refractivity contribution in [3.63, 3.8) is 0 Å². The Hall–Kier alpha value is -4.01. The van der Waals surface area contributed by atoms with Crippen LogP contribution in [0.3, 0.4) is 0 Å². The van der Waals surface area contributed by atoms with Crippen LogP contribution < -0.4 is 14.8 Å². The van der Waals surface area contributed by atoms with Crippen LogP contribution in [0.25, 0.3) is 0 Å². The highest BCUT2D eigenvalue weighted by Gasteiger charge is 2.30. The van der Waals surface area contributed by atoms with Gasteiger partial charge in [0.15, 0.2) is 6.10 Å². The lowest BCUT2D eigenvalue weighted by Crippen LogP contribution is -2.26. The minimum Gasteiger partial charge on any atom is -0.479 e. The molecule has 0 aliphatic rings. The fourth-order valence-electron chi connectivity index (χ4n) is 3.22. The summed E-state index contributed by atoms with van der Waals surface area (Å²) in [4.78, 5) is 23.5. The predicted octanol–water partition coefficient (Wildman–Crippen LogP) is 6.15. The van der Waals surface area contributed by atoms with Gasteiger partial charge in [0.05, 0.1) is 11.6 Å². The molecule has 0 spiro atoms. The number of hydrogen-bond acceptors (Lipinski definition) is 4. The summed E-state index contributed by atoms with van der Waals surface area (Å²) in [5.74, 6) is -0.123. The summed E-state index contributed by atoms with van der Waals surface area (Å²) in [5.41, 5.74) is 0.726. The van der Waals surface area contributed by atoms with Crippen molar-refractivity contribution in [2.75, 3.05) is 0 Å². The number of halogens is 3. The number of carbonyl (C=O) groups is 2. The minimum atomic E-state index is -4.47. The van der Waals surface area contributed by atoms with Crippen molar-refractivity contribution < 1.29 is 37.3 Å². The number of carboxylic acids is 1. The third-order valence-corrected chi connectivity index (χ3v) is 5.21. The van der Waals surface area contributed by atoms with Crippen LogP contribution in [-0.4, -0.2) is 23.1 Å². The molecule has 2 atom stereocenters. The van der Waals surface area contributed by atoms with Crippen molar-refractivity contribution in [1.29, 1.82) is 0 Å². The SMILES string of the molecule is Cc1cc(Oc2cccc([C@@H](C)NC(=O)c3ccc(C(F)(F)F)cc3)c2)ccc1OC(C)C(=O)O. The van der Waals surface area contributed by atoms with Crippen molar-refractivity contribution in [3.8, 4) is 17.2 Å². The van der Waals surface area contributed by atoms with Gasteiger partial charge >= 0.3 is 12.1 Å². The Kier molecular flexibility index (Phi) is 7.68. The van der Waals surface area contributed by atoms with E-state index in [0.717, 1.165) is 29.8 Å². The topological polar surface area (TPSA) is 84.9 Å². The number of aliphatic carboxylic acids is 1. The van der Waals surface area contributed by atoms with E-state index in [1.165, 1.54) is 6.92 Å². The summed E-state index contributed by atoms with van der Waals surface area (Å²) >= 11 is 0. The largest absolute Gasteiger partial charge is 0.479 e. The van der Waals surface area contributed by atoms with Gasteiger partial charge < -0.3 is 19.9 Å². The Morgan fingerprint density at radius 1 is 0.943 bits per heavy atom. The summed E-state index contributed by atoms with van der Waals surface area (Å²) in [6, 6.07) is 15.6. The normalized spacial score (nSPS) is 13.0. The summed E-state index contributed by atoms with van der Waals surface area (Å²) < 4.78 is 49.5. The van der Waals surface area contributed by atoms with E-state index in [-0.39, 0.29) is 5.56 Å². The van der Waals surface area contributed by atoms with Crippen molar-refractivity contribution >= 4 is 11.9 Å². The van der Waals surface area contributed by atoms with Gasteiger partial charge in [-0.2, -0.15) is 13.2 Å². The Balaban J connectivity index is 1.67. The van der Waals surface area contributed by atoms with Gasteiger partial charge in [0.2, 0.25) is 0 Å². The smallest absolute Gasteiger partial charge is 0.416 e. The molecular weight excluding hydrogens is 463 g/mol. The van der Waals surface area contributed by atoms with E-state index in [2.05, 4.69) is 5.32 Å². The van der Waals surface area contributed by atoms with Crippen LogP contribution in [0, 0.1) is 6.92 Å². The molecule has 2 N–H and O–H groups in total. The molecule has 0 fully saturated rings. The zero-order chi connectivity index (χ0) is 25.8. The molecule has 0 aromatic heterocycles. The van der Waals surface area contributed by atoms with Crippen LogP contribution in [0.4, 0.5) is 13.2 Å². The zero-order valence-corrected chi connectivity index (χ0v) is 19.2. The van der Waals surface area contributed by atoms with Crippen LogP contribution in [0.2, 0.25) is 0 Å². The lowest BCUT2D eigenvalue weighted by Gasteiger charge is -2.17. The molecule has 0 heterocycles. The Bertz CT molecular complexity index is 1210. The van der Waals surface area contributed by atoms with E-state index >= 15 is 0 Å². The number of hydrogen-bond donors (Lipinski definition) is 2. The minimum absolute atomic E-state index is 0.118. The molecule has 3 rings (SSSR count). The lowest BCUT2D eigenvalue weighted by atomic mass is 10.1. The van der Waals surface area contributed by atoms with Crippen LogP contribution in [0.1, 0.15) is 46.9 Å². The molecule has 3 aromatic carbocycles. The molecule has 184 valence electrons. The van der Waals surface area contributed by atoms with Crippen molar-refractivity contribution in [3.05, 3.63) is 89.0 Å². The van der Waals surface area contributed by atoms with E-state index in [0.29, 0.717) is 22.8 Å². The molecule has 0 aliphatic carbocycles. The number of ether oxygens (including phenoxy) is 2. The van der Waals surface area contributed by atoms with Gasteiger partial charge in [-0.05, 0) is 86.5 Å². The van der Waals surface area contributed by atoms with Gasteiger partial charge in [-0.1, -0.05) is 12.1 Å². The van der Waals surface area contributed by atoms with Gasteiger partial charge in [0.1, 0.15) is 17.2 Å². The maximum atomic E-state index is 12.7. The molecule has 0 saturated carbocycles. The number of aryl methyl sites for hydroxylation is 1. The molecule has 0 bridgehead atoms. The molecule has 6 nitrogen and oxygen atoms in total. The highest BCUT2D eigenvalue weighted by molar-refractivity contribution is 5.94. The Morgan fingerprint density at radius 2 is 1.60 bits per heavy atom. The number of benzene rings is 3. The van der Waals surface area contributed by atoms with Gasteiger partial charge in [-0.3, -0.25) is 4.79 Å². The number of rotatable bonds is 8. The average molecular weight is 487 g/mol. The molecule has 1 amide bonds. The average Bonchev–Trinajstić information content (AvgIpc) is 2.80. The fourth-order valence-corrected chi connectivity index (χ4v) is 3.22. The van der Waals surface area contributed by atoms with Gasteiger partial charge in [0.25, 0.3) is 5.91 Å². The Labute approximate surface area is 200 Å². The lowest BCUT2D eigenvalue weighted by molar-refractivity contribution is -0.144. The monoisotopic (exact) mass is 487 g/mol. The second kappa shape index (κ2) is 10.5. The highest BCUT2D eigenvalue weighted by atomic mass is 19.4. The summed E-state index contributed by atoms with van der Waals surface area (Å²) in [6.45, 7) is 4.96. The highest BCUT2D eigenvalue weighted by Crippen LogP contribution is 2.30. The molecule has 35 heavy (non-hydrogen) atoms. The van der Waals surface area contributed by atoms with Crippen molar-refractivity contribution in [1.82, 2.24) is 5.32 Å². The first-order valence-corrected chi connectivity index (χ1v) is 10.7. The maximum absolute atomic E-state index is 12.7. The van der Waals surface area contributed by atoms with Gasteiger partial charge in [0, 0.05) is 5.56 Å². The van der Waals surface area contributed by atoms with E-state index in [1.54, 1.807) is 56.3 Å². The van der Waals surface area contributed by atoms with Crippen LogP contribution in [0.5, 0.6) is 17.2 Å². The first-order chi connectivity index (χ1) is 16.4. The third-order valence-electron chi connectivity index (χ3n) is 5.21. The third kappa shape index (κ3) is 6.75. The molecule has 0 aliphatic heterocycles. The van der Waals surface area contributed by atoms with E-state index in [4.69, 9.17) is 14.6 Å². The first kappa shape index (κ1) is 25.6. The maximum Gasteiger partial charge on any atom is 0.416 e. The van der Waals surface area contributed by atoms with E-state index < -0.39 is 35.8 Å². The van der Waals surface area contributed by atoms with Crippen LogP contribution >= 0.6 is 0 Å². The number of nitrogens with one attached hydrogen (secondary N) is 1. The second-order valence-electron chi connectivity index (χ2n) is 7.97. The molecule has 3 aromatic rings. The molecule has 0 saturated heterocycles. The van der Waals surface area contributed by atoms with E-state index in [1.807, 2.05) is 0 Å². The van der Waals surface area contributed by atoms with Crippen molar-refractivity contribution in [2.45, 2.75) is 39.1 Å². The van der Waals surface area contributed by atoms with Gasteiger partial charge in [-0.15, -0.1) is 0 Å². The van der Waals surface area contributed by atoms with Crippen LogP contribution in [-0.2, 0) is 11.0 Å². The quantitative estimate of drug-likeness (QED) is 0.398. The molecular formula is C26H24F3NO5. The Morgan fingerprint density at radius 3 is 2.20 bits per heavy atom. The summed E-state index contributed by atoms with van der Waals surface area (Å²) in [5, 5.41) is 11.8. The molecule has 0 radical (unpaired) electrons. The number of carbonyl (C=O) groups excluding carboxylic acids is 1. The van der Waals surface area contributed by atoms with Crippen molar-refractivity contribution in [2.24, 2.45) is 0 Å². The number of carboxylic acid groups (broad SMARTS) is 1. The number of alkyl halides is 3. The second-order valence-corrected chi connectivity index (χ2v) is 7.97. The zero-order valence-electron chi connectivity index (χ0n) is 19.2. The molecule has 9 heteroatoms. The summed E-state index contributed by atoms with van der Waals surface area (Å²) in [7, 11) is 0. The number of amides is 1.